The van der Waals surface area contributed by atoms with Crippen molar-refractivity contribution in [2.45, 2.75) is 41.2 Å². The lowest BCUT2D eigenvalue weighted by atomic mass is 10.2. The normalized spacial score (nSPS) is 10.9. The number of ether oxygens (including phenoxy) is 1. The minimum absolute atomic E-state index is 0.161. The number of hydrogen-bond acceptors (Lipinski definition) is 4. The molecule has 0 fully saturated rings. The predicted molar refractivity (Wildman–Crippen MR) is 95.1 cm³/mol. The van der Waals surface area contributed by atoms with Gasteiger partial charge in [0.25, 0.3) is 0 Å². The Balaban J connectivity index is 1.87. The highest BCUT2D eigenvalue weighted by Crippen LogP contribution is 2.24. The number of esters is 1. The van der Waals surface area contributed by atoms with Crippen LogP contribution < -0.4 is 0 Å². The summed E-state index contributed by atoms with van der Waals surface area (Å²) in [5.41, 5.74) is 6.23. The smallest absolute Gasteiger partial charge is 0.340 e. The van der Waals surface area contributed by atoms with Gasteiger partial charge in [-0.3, -0.25) is 0 Å². The van der Waals surface area contributed by atoms with Crippen molar-refractivity contribution in [3.8, 4) is 5.69 Å². The molecule has 0 radical (unpaired) electrons. The topological polar surface area (TPSA) is 57.3 Å². The van der Waals surface area contributed by atoms with E-state index < -0.39 is 0 Å². The van der Waals surface area contributed by atoms with Crippen molar-refractivity contribution in [2.24, 2.45) is 0 Å². The molecule has 0 bridgehead atoms. The number of aromatic nitrogens is 2. The predicted octanol–water partition coefficient (Wildman–Crippen LogP) is 4.36. The van der Waals surface area contributed by atoms with Crippen molar-refractivity contribution in [1.29, 1.82) is 0 Å². The average molecular weight is 338 g/mol. The van der Waals surface area contributed by atoms with E-state index in [1.165, 1.54) is 0 Å². The largest absolute Gasteiger partial charge is 0.457 e. The van der Waals surface area contributed by atoms with Gasteiger partial charge < -0.3 is 13.8 Å². The number of benzene rings is 1. The van der Waals surface area contributed by atoms with Gasteiger partial charge >= 0.3 is 5.97 Å². The Bertz CT molecular complexity index is 915. The summed E-state index contributed by atoms with van der Waals surface area (Å²) in [4.78, 5) is 12.6. The molecular formula is C20H22N2O3. The minimum atomic E-state index is -0.340. The summed E-state index contributed by atoms with van der Waals surface area (Å²) in [7, 11) is 0. The van der Waals surface area contributed by atoms with E-state index in [9.17, 15) is 4.79 Å². The van der Waals surface area contributed by atoms with Crippen LogP contribution in [0, 0.1) is 34.6 Å². The first kappa shape index (κ1) is 17.0. The van der Waals surface area contributed by atoms with Crippen molar-refractivity contribution in [3.63, 3.8) is 0 Å². The van der Waals surface area contributed by atoms with Gasteiger partial charge in [0.2, 0.25) is 0 Å². The molecule has 3 aromatic rings. The van der Waals surface area contributed by atoms with E-state index in [1.54, 1.807) is 0 Å². The van der Waals surface area contributed by atoms with Crippen molar-refractivity contribution in [1.82, 2.24) is 9.72 Å². The Hall–Kier alpha value is -2.82. The zero-order valence-corrected chi connectivity index (χ0v) is 15.2. The van der Waals surface area contributed by atoms with Crippen LogP contribution in [0.3, 0.4) is 0 Å². The van der Waals surface area contributed by atoms with Gasteiger partial charge in [0, 0.05) is 17.1 Å². The number of nitrogens with zero attached hydrogens (tertiary/aromatic N) is 2. The molecule has 0 saturated heterocycles. The number of hydrogen-bond donors (Lipinski definition) is 0. The molecule has 0 saturated carbocycles. The lowest BCUT2D eigenvalue weighted by Gasteiger charge is -2.12. The van der Waals surface area contributed by atoms with Gasteiger partial charge in [-0.05, 0) is 52.3 Å². The Morgan fingerprint density at radius 3 is 2.52 bits per heavy atom. The fourth-order valence-corrected chi connectivity index (χ4v) is 3.08. The summed E-state index contributed by atoms with van der Waals surface area (Å²) in [5, 5.41) is 3.88. The van der Waals surface area contributed by atoms with E-state index in [0.717, 1.165) is 33.9 Å². The SMILES string of the molecule is Cc1ccccc1-n1c(C)cc(C(=O)OCc2c(C)noc2C)c1C. The molecule has 0 aliphatic rings. The molecule has 0 aliphatic heterocycles. The van der Waals surface area contributed by atoms with Crippen LogP contribution in [0.1, 0.15) is 44.3 Å². The van der Waals surface area contributed by atoms with E-state index in [2.05, 4.69) is 22.7 Å². The standard InChI is InChI=1S/C20H22N2O3/c1-12-8-6-7-9-19(12)22-13(2)10-17(15(22)4)20(23)24-11-18-14(3)21-25-16(18)5/h6-10H,11H2,1-5H3. The molecule has 0 unspecified atom stereocenters. The van der Waals surface area contributed by atoms with Crippen LogP contribution in [0.15, 0.2) is 34.9 Å². The van der Waals surface area contributed by atoms with Gasteiger partial charge in [0.15, 0.2) is 0 Å². The maximum Gasteiger partial charge on any atom is 0.340 e. The van der Waals surface area contributed by atoms with Crippen molar-refractivity contribution >= 4 is 5.97 Å². The van der Waals surface area contributed by atoms with Crippen molar-refractivity contribution in [3.05, 3.63) is 69.9 Å². The van der Waals surface area contributed by atoms with E-state index in [1.807, 2.05) is 52.0 Å². The maximum atomic E-state index is 12.6. The van der Waals surface area contributed by atoms with E-state index >= 15 is 0 Å². The zero-order chi connectivity index (χ0) is 18.1. The van der Waals surface area contributed by atoms with E-state index in [4.69, 9.17) is 9.26 Å². The molecule has 5 nitrogen and oxygen atoms in total. The van der Waals surface area contributed by atoms with Gasteiger partial charge in [-0.25, -0.2) is 4.79 Å². The van der Waals surface area contributed by atoms with Crippen LogP contribution in [0.4, 0.5) is 0 Å². The van der Waals surface area contributed by atoms with Gasteiger partial charge in [0.05, 0.1) is 16.8 Å². The van der Waals surface area contributed by atoms with Crippen molar-refractivity contribution in [2.75, 3.05) is 0 Å². The Morgan fingerprint density at radius 2 is 1.88 bits per heavy atom. The number of carbonyl (C=O) groups excluding carboxylic acids is 1. The second-order valence-corrected chi connectivity index (χ2v) is 6.29. The average Bonchev–Trinajstić information content (AvgIpc) is 3.05. The fourth-order valence-electron chi connectivity index (χ4n) is 3.08. The molecular weight excluding hydrogens is 316 g/mol. The summed E-state index contributed by atoms with van der Waals surface area (Å²) < 4.78 is 12.7. The van der Waals surface area contributed by atoms with E-state index in [0.29, 0.717) is 11.3 Å². The molecule has 0 amide bonds. The van der Waals surface area contributed by atoms with Crippen LogP contribution >= 0.6 is 0 Å². The van der Waals surface area contributed by atoms with Crippen LogP contribution in [0.25, 0.3) is 5.69 Å². The third-order valence-corrected chi connectivity index (χ3v) is 4.54. The molecule has 0 N–H and O–H groups in total. The third kappa shape index (κ3) is 3.09. The highest BCUT2D eigenvalue weighted by atomic mass is 16.5. The van der Waals surface area contributed by atoms with Gasteiger partial charge in [0.1, 0.15) is 12.4 Å². The Kier molecular flexibility index (Phi) is 4.49. The van der Waals surface area contributed by atoms with Gasteiger partial charge in [-0.2, -0.15) is 0 Å². The molecule has 25 heavy (non-hydrogen) atoms. The fraction of sp³-hybridized carbons (Fsp3) is 0.300. The number of para-hydroxylation sites is 1. The lowest BCUT2D eigenvalue weighted by molar-refractivity contribution is 0.0470. The molecule has 0 atom stereocenters. The molecule has 130 valence electrons. The van der Waals surface area contributed by atoms with Gasteiger partial charge in [-0.15, -0.1) is 0 Å². The summed E-state index contributed by atoms with van der Waals surface area (Å²) >= 11 is 0. The summed E-state index contributed by atoms with van der Waals surface area (Å²) in [6, 6.07) is 9.98. The minimum Gasteiger partial charge on any atom is -0.457 e. The van der Waals surface area contributed by atoms with Crippen LogP contribution in [-0.4, -0.2) is 15.7 Å². The van der Waals surface area contributed by atoms with Crippen LogP contribution in [0.5, 0.6) is 0 Å². The number of rotatable bonds is 4. The zero-order valence-electron chi connectivity index (χ0n) is 15.2. The quantitative estimate of drug-likeness (QED) is 0.663. The Labute approximate surface area is 147 Å². The first-order chi connectivity index (χ1) is 11.9. The molecule has 0 spiro atoms. The molecule has 1 aromatic carbocycles. The summed E-state index contributed by atoms with van der Waals surface area (Å²) in [6.45, 7) is 9.80. The summed E-state index contributed by atoms with van der Waals surface area (Å²) in [5.74, 6) is 0.337. The molecule has 0 aliphatic carbocycles. The molecule has 3 rings (SSSR count). The molecule has 2 aromatic heterocycles. The molecule has 5 heteroatoms. The first-order valence-corrected chi connectivity index (χ1v) is 8.24. The first-order valence-electron chi connectivity index (χ1n) is 8.24. The summed E-state index contributed by atoms with van der Waals surface area (Å²) in [6.07, 6.45) is 0. The highest BCUT2D eigenvalue weighted by Gasteiger charge is 2.20. The molecule has 2 heterocycles. The third-order valence-electron chi connectivity index (χ3n) is 4.54. The highest BCUT2D eigenvalue weighted by molar-refractivity contribution is 5.91. The van der Waals surface area contributed by atoms with Crippen LogP contribution in [0.2, 0.25) is 0 Å². The lowest BCUT2D eigenvalue weighted by Crippen LogP contribution is -2.08. The Morgan fingerprint density at radius 1 is 1.16 bits per heavy atom. The number of carbonyl (C=O) groups is 1. The van der Waals surface area contributed by atoms with Crippen molar-refractivity contribution < 1.29 is 14.1 Å². The van der Waals surface area contributed by atoms with E-state index in [-0.39, 0.29) is 12.6 Å². The number of aryl methyl sites for hydroxylation is 4. The monoisotopic (exact) mass is 338 g/mol. The van der Waals surface area contributed by atoms with Crippen LogP contribution in [-0.2, 0) is 11.3 Å². The maximum absolute atomic E-state index is 12.6. The second-order valence-electron chi connectivity index (χ2n) is 6.29. The second kappa shape index (κ2) is 6.59. The van der Waals surface area contributed by atoms with Gasteiger partial charge in [-0.1, -0.05) is 23.4 Å².